The molecule has 0 saturated heterocycles. The van der Waals surface area contributed by atoms with Crippen molar-refractivity contribution in [2.24, 2.45) is 17.8 Å². The number of allylic oxidation sites excluding steroid dienone is 1. The number of hydrogen-bond acceptors (Lipinski definition) is 6. The van der Waals surface area contributed by atoms with Crippen LogP contribution in [0.4, 0.5) is 0 Å². The Kier molecular flexibility index (Phi) is 8.50. The smallest absolute Gasteiger partial charge is 0.308 e. The lowest BCUT2D eigenvalue weighted by atomic mass is 9.60. The summed E-state index contributed by atoms with van der Waals surface area (Å²) >= 11 is 0. The van der Waals surface area contributed by atoms with E-state index in [2.05, 4.69) is 53.3 Å². The number of benzene rings is 2. The van der Waals surface area contributed by atoms with Crippen LogP contribution >= 0.6 is 0 Å². The van der Waals surface area contributed by atoms with E-state index in [0.29, 0.717) is 11.7 Å². The molecule has 7 nitrogen and oxygen atoms in total. The van der Waals surface area contributed by atoms with Gasteiger partial charge in [0.25, 0.3) is 0 Å². The summed E-state index contributed by atoms with van der Waals surface area (Å²) in [6.07, 6.45) is 8.24. The molecular formula is C33H43N3O4. The quantitative estimate of drug-likeness (QED) is 0.270. The van der Waals surface area contributed by atoms with Gasteiger partial charge in [-0.1, -0.05) is 50.3 Å². The highest BCUT2D eigenvalue weighted by Crippen LogP contribution is 2.53. The lowest BCUT2D eigenvalue weighted by Crippen LogP contribution is -2.51. The number of H-pyrrole nitrogens is 1. The van der Waals surface area contributed by atoms with E-state index in [1.807, 2.05) is 26.0 Å². The van der Waals surface area contributed by atoms with Gasteiger partial charge in [0, 0.05) is 37.4 Å². The summed E-state index contributed by atoms with van der Waals surface area (Å²) in [7, 11) is 5.47. The lowest BCUT2D eigenvalue weighted by Gasteiger charge is -2.50. The summed E-state index contributed by atoms with van der Waals surface area (Å²) in [5.41, 5.74) is 4.06. The Hall–Kier alpha value is -3.32. The van der Waals surface area contributed by atoms with Crippen molar-refractivity contribution in [3.8, 4) is 11.5 Å². The maximum absolute atomic E-state index is 12.9. The molecule has 3 aliphatic rings. The first kappa shape index (κ1) is 28.2. The van der Waals surface area contributed by atoms with Gasteiger partial charge in [-0.15, -0.1) is 0 Å². The molecule has 0 aliphatic heterocycles. The number of aromatic nitrogens is 2. The zero-order valence-corrected chi connectivity index (χ0v) is 24.5. The monoisotopic (exact) mass is 545 g/mol. The number of nitrogens with zero attached hydrogens (tertiary/aromatic N) is 2. The number of imidazole rings is 1. The summed E-state index contributed by atoms with van der Waals surface area (Å²) in [5, 5.41) is 0. The summed E-state index contributed by atoms with van der Waals surface area (Å²) in [6, 6.07) is 14.5. The number of ether oxygens (including phenoxy) is 3. The molecule has 0 unspecified atom stereocenters. The van der Waals surface area contributed by atoms with Gasteiger partial charge in [0.15, 0.2) is 0 Å². The zero-order valence-electron chi connectivity index (χ0n) is 24.5. The molecule has 2 bridgehead atoms. The summed E-state index contributed by atoms with van der Waals surface area (Å²) in [5.74, 6) is 2.87. The number of carbonyl (C=O) groups is 1. The highest BCUT2D eigenvalue weighted by molar-refractivity contribution is 5.83. The Morgan fingerprint density at radius 3 is 2.60 bits per heavy atom. The lowest BCUT2D eigenvalue weighted by molar-refractivity contribution is -0.176. The Morgan fingerprint density at radius 1 is 1.12 bits per heavy atom. The summed E-state index contributed by atoms with van der Waals surface area (Å²) in [4.78, 5) is 23.5. The molecule has 2 aromatic carbocycles. The SMILES string of the molecule is COc1cc(OC)c2nc(CCCN(C)CC[C@@]3(OC(=O)C(C)C)C[C@@H]4CC[C@H]3C=C4c3ccccc3)[nH]c2c1. The van der Waals surface area contributed by atoms with Gasteiger partial charge >= 0.3 is 5.97 Å². The fraction of sp³-hybridized carbons (Fsp3) is 0.515. The van der Waals surface area contributed by atoms with E-state index in [4.69, 9.17) is 19.2 Å². The van der Waals surface area contributed by atoms with Crippen LogP contribution in [0.1, 0.15) is 57.3 Å². The third-order valence-corrected chi connectivity index (χ3v) is 8.70. The molecule has 3 aromatic rings. The first-order valence-electron chi connectivity index (χ1n) is 14.6. The van der Waals surface area contributed by atoms with Crippen molar-refractivity contribution < 1.29 is 19.0 Å². The Balaban J connectivity index is 1.23. The number of aromatic amines is 1. The van der Waals surface area contributed by atoms with Crippen LogP contribution in [0.5, 0.6) is 11.5 Å². The van der Waals surface area contributed by atoms with Crippen molar-refractivity contribution in [3.05, 3.63) is 59.9 Å². The van der Waals surface area contributed by atoms with Gasteiger partial charge in [0.05, 0.1) is 25.7 Å². The van der Waals surface area contributed by atoms with Crippen LogP contribution < -0.4 is 9.47 Å². The van der Waals surface area contributed by atoms with Crippen LogP contribution in [-0.2, 0) is 16.0 Å². The maximum atomic E-state index is 12.9. The second-order valence-electron chi connectivity index (χ2n) is 11.8. The molecule has 7 heteroatoms. The summed E-state index contributed by atoms with van der Waals surface area (Å²) in [6.45, 7) is 5.68. The van der Waals surface area contributed by atoms with E-state index < -0.39 is 5.60 Å². The number of carbonyl (C=O) groups excluding carboxylic acids is 1. The van der Waals surface area contributed by atoms with Crippen molar-refractivity contribution in [1.82, 2.24) is 14.9 Å². The van der Waals surface area contributed by atoms with Crippen molar-refractivity contribution in [1.29, 1.82) is 0 Å². The van der Waals surface area contributed by atoms with E-state index in [0.717, 1.165) is 74.2 Å². The normalized spacial score (nSPS) is 22.1. The fourth-order valence-electron chi connectivity index (χ4n) is 6.42. The highest BCUT2D eigenvalue weighted by Gasteiger charge is 2.50. The molecule has 1 heterocycles. The average molecular weight is 546 g/mol. The van der Waals surface area contributed by atoms with Crippen molar-refractivity contribution in [2.45, 2.75) is 58.0 Å². The second-order valence-corrected chi connectivity index (χ2v) is 11.8. The molecule has 3 atom stereocenters. The topological polar surface area (TPSA) is 76.7 Å². The molecule has 1 fully saturated rings. The third kappa shape index (κ3) is 5.90. The first-order valence-corrected chi connectivity index (χ1v) is 14.6. The van der Waals surface area contributed by atoms with Gasteiger partial charge in [-0.05, 0) is 56.3 Å². The summed E-state index contributed by atoms with van der Waals surface area (Å²) < 4.78 is 17.3. The average Bonchev–Trinajstić information content (AvgIpc) is 3.39. The number of fused-ring (bicyclic) bond motifs is 3. The van der Waals surface area contributed by atoms with Crippen LogP contribution in [0.25, 0.3) is 16.6 Å². The standard InChI is InChI=1S/C33H43N3O4/c1-22(2)32(37)40-33(21-24-13-14-25(33)18-27(24)23-10-7-6-8-11-23)15-17-36(3)16-9-12-30-34-28-19-26(38-4)20-29(39-5)31(28)35-30/h6-8,10-11,18-20,22,24-25H,9,12-17,21H2,1-5H3,(H,34,35)/t24-,25-,33+/m0/s1. The number of esters is 1. The predicted molar refractivity (Wildman–Crippen MR) is 159 cm³/mol. The maximum Gasteiger partial charge on any atom is 0.308 e. The minimum atomic E-state index is -0.425. The Morgan fingerprint density at radius 2 is 1.93 bits per heavy atom. The largest absolute Gasteiger partial charge is 0.497 e. The number of rotatable bonds is 12. The molecule has 0 amide bonds. The van der Waals surface area contributed by atoms with E-state index in [9.17, 15) is 4.79 Å². The van der Waals surface area contributed by atoms with Crippen LogP contribution in [-0.4, -0.2) is 60.8 Å². The number of nitrogens with one attached hydrogen (secondary N) is 1. The van der Waals surface area contributed by atoms with E-state index in [-0.39, 0.29) is 17.8 Å². The predicted octanol–water partition coefficient (Wildman–Crippen LogP) is 6.29. The molecule has 1 N–H and O–H groups in total. The van der Waals surface area contributed by atoms with E-state index >= 15 is 0 Å². The van der Waals surface area contributed by atoms with Gasteiger partial charge in [-0.2, -0.15) is 0 Å². The Bertz CT molecular complexity index is 1350. The fourth-order valence-corrected chi connectivity index (χ4v) is 6.42. The minimum Gasteiger partial charge on any atom is -0.497 e. The van der Waals surface area contributed by atoms with Gasteiger partial charge in [0.2, 0.25) is 0 Å². The number of aryl methyl sites for hydroxylation is 1. The Labute approximate surface area is 237 Å². The minimum absolute atomic E-state index is 0.0817. The molecule has 6 rings (SSSR count). The molecule has 214 valence electrons. The van der Waals surface area contributed by atoms with E-state index in [1.165, 1.54) is 11.1 Å². The molecule has 0 radical (unpaired) electrons. The highest BCUT2D eigenvalue weighted by atomic mass is 16.6. The molecule has 0 spiro atoms. The molecule has 1 saturated carbocycles. The van der Waals surface area contributed by atoms with Crippen molar-refractivity contribution in [2.75, 3.05) is 34.4 Å². The molecular weight excluding hydrogens is 502 g/mol. The van der Waals surface area contributed by atoms with E-state index in [1.54, 1.807) is 14.2 Å². The van der Waals surface area contributed by atoms with Crippen LogP contribution in [0.2, 0.25) is 0 Å². The molecule has 3 aliphatic carbocycles. The number of methoxy groups -OCH3 is 2. The van der Waals surface area contributed by atoms with Gasteiger partial charge in [-0.3, -0.25) is 4.79 Å². The van der Waals surface area contributed by atoms with Crippen LogP contribution in [0.3, 0.4) is 0 Å². The molecule has 40 heavy (non-hydrogen) atoms. The first-order chi connectivity index (χ1) is 19.3. The van der Waals surface area contributed by atoms with Gasteiger partial charge in [-0.25, -0.2) is 4.98 Å². The molecule has 1 aromatic heterocycles. The number of hydrogen-bond donors (Lipinski definition) is 1. The second kappa shape index (κ2) is 12.0. The van der Waals surface area contributed by atoms with Crippen molar-refractivity contribution in [3.63, 3.8) is 0 Å². The third-order valence-electron chi connectivity index (χ3n) is 8.70. The van der Waals surface area contributed by atoms with Gasteiger partial charge < -0.3 is 24.1 Å². The van der Waals surface area contributed by atoms with Gasteiger partial charge in [0.1, 0.15) is 28.4 Å². The van der Waals surface area contributed by atoms with Crippen molar-refractivity contribution >= 4 is 22.6 Å². The van der Waals surface area contributed by atoms with Crippen LogP contribution in [0.15, 0.2) is 48.5 Å². The zero-order chi connectivity index (χ0) is 28.3. The van der Waals surface area contributed by atoms with Crippen LogP contribution in [0, 0.1) is 17.8 Å².